The molecule has 0 radical (unpaired) electrons. The number of ether oxygens (including phenoxy) is 2. The largest absolute Gasteiger partial charge is 0.507 e. The SMILES string of the molecule is CCOc1cc(C2/C(=C(\O)c3ccc(OC)c(Br)c3)C(=O)C(=O)N2c2cccc(Cl)c2C)ccc1O. The van der Waals surface area contributed by atoms with Crippen LogP contribution in [-0.2, 0) is 9.59 Å². The number of Topliss-reactive ketones (excluding diaryl/α,β-unsaturated/α-hetero) is 1. The lowest BCUT2D eigenvalue weighted by atomic mass is 9.94. The van der Waals surface area contributed by atoms with E-state index in [1.165, 1.54) is 18.1 Å². The van der Waals surface area contributed by atoms with Gasteiger partial charge >= 0.3 is 0 Å². The van der Waals surface area contributed by atoms with E-state index in [-0.39, 0.29) is 22.8 Å². The summed E-state index contributed by atoms with van der Waals surface area (Å²) in [6, 6.07) is 13.4. The third-order valence-electron chi connectivity index (χ3n) is 5.97. The number of ketones is 1. The van der Waals surface area contributed by atoms with Gasteiger partial charge in [-0.25, -0.2) is 0 Å². The Balaban J connectivity index is 1.99. The molecule has 186 valence electrons. The summed E-state index contributed by atoms with van der Waals surface area (Å²) in [5, 5.41) is 22.0. The van der Waals surface area contributed by atoms with E-state index < -0.39 is 17.7 Å². The van der Waals surface area contributed by atoms with Crippen molar-refractivity contribution in [3.05, 3.63) is 86.4 Å². The average Bonchev–Trinajstić information content (AvgIpc) is 3.12. The highest BCUT2D eigenvalue weighted by Gasteiger charge is 2.47. The summed E-state index contributed by atoms with van der Waals surface area (Å²) in [5.74, 6) is -1.38. The monoisotopic (exact) mass is 571 g/mol. The van der Waals surface area contributed by atoms with Gasteiger partial charge in [-0.15, -0.1) is 0 Å². The van der Waals surface area contributed by atoms with Crippen molar-refractivity contribution in [1.29, 1.82) is 0 Å². The fourth-order valence-electron chi connectivity index (χ4n) is 4.19. The summed E-state index contributed by atoms with van der Waals surface area (Å²) in [7, 11) is 1.51. The molecule has 1 amide bonds. The van der Waals surface area contributed by atoms with Crippen LogP contribution in [0.2, 0.25) is 5.02 Å². The molecule has 3 aromatic rings. The van der Waals surface area contributed by atoms with Crippen LogP contribution in [0.3, 0.4) is 0 Å². The van der Waals surface area contributed by atoms with Gasteiger partial charge in [0.1, 0.15) is 11.5 Å². The molecule has 0 saturated carbocycles. The topological polar surface area (TPSA) is 96.3 Å². The number of benzene rings is 3. The van der Waals surface area contributed by atoms with Crippen LogP contribution in [0.1, 0.15) is 29.7 Å². The van der Waals surface area contributed by atoms with Crippen LogP contribution in [0.4, 0.5) is 5.69 Å². The number of methoxy groups -OCH3 is 1. The first kappa shape index (κ1) is 25.6. The van der Waals surface area contributed by atoms with E-state index >= 15 is 0 Å². The second kappa shape index (κ2) is 10.2. The molecule has 1 heterocycles. The Hall–Kier alpha value is -3.49. The van der Waals surface area contributed by atoms with Crippen molar-refractivity contribution in [2.75, 3.05) is 18.6 Å². The maximum atomic E-state index is 13.4. The van der Waals surface area contributed by atoms with Gasteiger partial charge in [0, 0.05) is 16.3 Å². The van der Waals surface area contributed by atoms with Crippen LogP contribution < -0.4 is 14.4 Å². The van der Waals surface area contributed by atoms with Gasteiger partial charge in [-0.1, -0.05) is 23.7 Å². The van der Waals surface area contributed by atoms with Gasteiger partial charge in [0.2, 0.25) is 0 Å². The third kappa shape index (κ3) is 4.42. The summed E-state index contributed by atoms with van der Waals surface area (Å²) >= 11 is 9.74. The highest BCUT2D eigenvalue weighted by molar-refractivity contribution is 9.10. The van der Waals surface area contributed by atoms with E-state index in [0.717, 1.165) is 0 Å². The predicted molar refractivity (Wildman–Crippen MR) is 141 cm³/mol. The van der Waals surface area contributed by atoms with Crippen LogP contribution in [0.25, 0.3) is 5.76 Å². The van der Waals surface area contributed by atoms with Gasteiger partial charge in [-0.05, 0) is 83.4 Å². The molecule has 1 aliphatic heterocycles. The molecule has 3 aromatic carbocycles. The molecule has 0 bridgehead atoms. The molecule has 1 aliphatic rings. The lowest BCUT2D eigenvalue weighted by Crippen LogP contribution is -2.30. The fraction of sp³-hybridized carbons (Fsp3) is 0.185. The molecule has 1 unspecified atom stereocenters. The minimum Gasteiger partial charge on any atom is -0.507 e. The van der Waals surface area contributed by atoms with Crippen molar-refractivity contribution in [3.63, 3.8) is 0 Å². The van der Waals surface area contributed by atoms with Crippen LogP contribution in [0.15, 0.2) is 64.6 Å². The average molecular weight is 573 g/mol. The predicted octanol–water partition coefficient (Wildman–Crippen LogP) is 6.15. The van der Waals surface area contributed by atoms with Crippen molar-refractivity contribution in [3.8, 4) is 17.2 Å². The third-order valence-corrected chi connectivity index (χ3v) is 7.00. The number of carbonyl (C=O) groups is 2. The van der Waals surface area contributed by atoms with Crippen LogP contribution in [-0.4, -0.2) is 35.6 Å². The maximum absolute atomic E-state index is 13.4. The number of aliphatic hydroxyl groups is 1. The number of carbonyl (C=O) groups excluding carboxylic acids is 2. The molecular formula is C27H23BrClNO6. The number of nitrogens with zero attached hydrogens (tertiary/aromatic N) is 1. The smallest absolute Gasteiger partial charge is 0.300 e. The summed E-state index contributed by atoms with van der Waals surface area (Å²) in [6.07, 6.45) is 0. The molecule has 1 atom stereocenters. The first-order valence-corrected chi connectivity index (χ1v) is 12.2. The van der Waals surface area contributed by atoms with Crippen LogP contribution >= 0.6 is 27.5 Å². The first-order valence-electron chi connectivity index (χ1n) is 11.0. The lowest BCUT2D eigenvalue weighted by molar-refractivity contribution is -0.132. The van der Waals surface area contributed by atoms with Crippen molar-refractivity contribution in [2.45, 2.75) is 19.9 Å². The molecule has 9 heteroatoms. The van der Waals surface area contributed by atoms with Gasteiger partial charge in [0.05, 0.1) is 29.8 Å². The van der Waals surface area contributed by atoms with Crippen LogP contribution in [0, 0.1) is 6.92 Å². The number of halogens is 2. The van der Waals surface area contributed by atoms with Gasteiger partial charge in [0.15, 0.2) is 11.5 Å². The number of aliphatic hydroxyl groups excluding tert-OH is 1. The molecule has 7 nitrogen and oxygen atoms in total. The number of hydrogen-bond acceptors (Lipinski definition) is 6. The molecule has 4 rings (SSSR count). The molecule has 0 aliphatic carbocycles. The van der Waals surface area contributed by atoms with E-state index in [1.807, 2.05) is 0 Å². The summed E-state index contributed by atoms with van der Waals surface area (Å²) in [4.78, 5) is 28.1. The van der Waals surface area contributed by atoms with Crippen molar-refractivity contribution < 1.29 is 29.3 Å². The quantitative estimate of drug-likeness (QED) is 0.209. The Morgan fingerprint density at radius 2 is 1.86 bits per heavy atom. The van der Waals surface area contributed by atoms with Gasteiger partial charge in [-0.3, -0.25) is 14.5 Å². The van der Waals surface area contributed by atoms with Gasteiger partial charge in [0.25, 0.3) is 11.7 Å². The second-order valence-corrected chi connectivity index (χ2v) is 9.32. The fourth-order valence-corrected chi connectivity index (χ4v) is 4.90. The zero-order valence-corrected chi connectivity index (χ0v) is 22.1. The Bertz CT molecular complexity index is 1400. The Labute approximate surface area is 221 Å². The highest BCUT2D eigenvalue weighted by Crippen LogP contribution is 2.45. The highest BCUT2D eigenvalue weighted by atomic mass is 79.9. The number of anilines is 1. The maximum Gasteiger partial charge on any atom is 0.300 e. The summed E-state index contributed by atoms with van der Waals surface area (Å²) in [6.45, 7) is 3.82. The van der Waals surface area contributed by atoms with Crippen LogP contribution in [0.5, 0.6) is 17.2 Å². The van der Waals surface area contributed by atoms with Crippen molar-refractivity contribution in [2.24, 2.45) is 0 Å². The first-order chi connectivity index (χ1) is 17.2. The Morgan fingerprint density at radius 1 is 1.11 bits per heavy atom. The minimum atomic E-state index is -1.01. The minimum absolute atomic E-state index is 0.0874. The molecule has 1 fully saturated rings. The van der Waals surface area contributed by atoms with Gasteiger partial charge < -0.3 is 19.7 Å². The molecular weight excluding hydrogens is 550 g/mol. The Morgan fingerprint density at radius 3 is 2.53 bits per heavy atom. The van der Waals surface area contributed by atoms with Crippen molar-refractivity contribution in [1.82, 2.24) is 0 Å². The normalized spacial score (nSPS) is 16.9. The molecule has 2 N–H and O–H groups in total. The molecule has 0 spiro atoms. The molecule has 1 saturated heterocycles. The molecule has 0 aromatic heterocycles. The molecule has 36 heavy (non-hydrogen) atoms. The standard InChI is InChI=1S/C27H23BrClNO6/c1-4-36-22-13-15(8-10-20(22)31)24-23(25(32)16-9-11-21(35-3)17(28)12-16)26(33)27(34)30(24)19-7-5-6-18(29)14(19)2/h5-13,24,31-32H,4H2,1-3H3/b25-23+. The van der Waals surface area contributed by atoms with E-state index in [4.69, 9.17) is 21.1 Å². The number of rotatable bonds is 6. The van der Waals surface area contributed by atoms with E-state index in [1.54, 1.807) is 62.4 Å². The van der Waals surface area contributed by atoms with E-state index in [0.29, 0.717) is 44.2 Å². The van der Waals surface area contributed by atoms with Crippen molar-refractivity contribution >= 4 is 50.7 Å². The second-order valence-electron chi connectivity index (χ2n) is 8.06. The zero-order valence-electron chi connectivity index (χ0n) is 19.7. The number of aromatic hydroxyl groups is 1. The summed E-state index contributed by atoms with van der Waals surface area (Å²) in [5.41, 5.74) is 1.70. The summed E-state index contributed by atoms with van der Waals surface area (Å²) < 4.78 is 11.4. The number of hydrogen-bond donors (Lipinski definition) is 2. The zero-order chi connectivity index (χ0) is 26.1. The lowest BCUT2D eigenvalue weighted by Gasteiger charge is -2.27. The van der Waals surface area contributed by atoms with E-state index in [2.05, 4.69) is 15.9 Å². The van der Waals surface area contributed by atoms with E-state index in [9.17, 15) is 19.8 Å². The number of phenolic OH excluding ortho intramolecular Hbond substituents is 1. The number of amides is 1. The number of phenols is 1. The van der Waals surface area contributed by atoms with Gasteiger partial charge in [-0.2, -0.15) is 0 Å². The Kier molecular flexibility index (Phi) is 7.28.